The van der Waals surface area contributed by atoms with E-state index in [9.17, 15) is 17.6 Å². The predicted octanol–water partition coefficient (Wildman–Crippen LogP) is 2.72. The first-order chi connectivity index (χ1) is 6.11. The molecule has 0 aliphatic rings. The second-order valence-corrected chi connectivity index (χ2v) is 2.54. The Bertz CT molecular complexity index is 474. The largest absolute Gasteiger partial charge is 0.329 e. The number of hydrogen-bond donors (Lipinski definition) is 1. The zero-order valence-corrected chi connectivity index (χ0v) is 6.17. The maximum atomic E-state index is 12.9. The van der Waals surface area contributed by atoms with Gasteiger partial charge < -0.3 is 4.98 Å². The van der Waals surface area contributed by atoms with E-state index < -0.39 is 28.8 Å². The highest BCUT2D eigenvalue weighted by atomic mass is 19.2. The van der Waals surface area contributed by atoms with Crippen LogP contribution < -0.4 is 0 Å². The molecule has 0 saturated heterocycles. The molecule has 2 aromatic rings. The molecule has 1 N–H and O–H groups in total. The third-order valence-electron chi connectivity index (χ3n) is 1.75. The fourth-order valence-corrected chi connectivity index (χ4v) is 1.15. The summed E-state index contributed by atoms with van der Waals surface area (Å²) in [5, 5.41) is -0.683. The highest BCUT2D eigenvalue weighted by molar-refractivity contribution is 5.80. The van der Waals surface area contributed by atoms with Crippen LogP contribution in [0.3, 0.4) is 0 Å². The second kappa shape index (κ2) is 2.48. The first-order valence-electron chi connectivity index (χ1n) is 3.42. The quantitative estimate of drug-likeness (QED) is 0.613. The molecule has 0 spiro atoms. The van der Waals surface area contributed by atoms with Gasteiger partial charge in [-0.1, -0.05) is 0 Å². The van der Waals surface area contributed by atoms with Gasteiger partial charge in [-0.25, -0.2) is 13.2 Å². The van der Waals surface area contributed by atoms with Crippen molar-refractivity contribution in [2.45, 2.75) is 0 Å². The SMILES string of the molecule is Fc1ccc2[nH]c(F)c(F)c2c1F. The normalized spacial score (nSPS) is 11.1. The molecular formula is C8H3F4N. The summed E-state index contributed by atoms with van der Waals surface area (Å²) < 4.78 is 50.7. The topological polar surface area (TPSA) is 15.8 Å². The van der Waals surface area contributed by atoms with Crippen molar-refractivity contribution in [1.82, 2.24) is 4.98 Å². The number of rotatable bonds is 0. The summed E-state index contributed by atoms with van der Waals surface area (Å²) in [4.78, 5) is 1.95. The number of aromatic nitrogens is 1. The minimum Gasteiger partial charge on any atom is -0.329 e. The van der Waals surface area contributed by atoms with Gasteiger partial charge in [-0.2, -0.15) is 4.39 Å². The third kappa shape index (κ3) is 0.998. The molecule has 2 rings (SSSR count). The molecule has 68 valence electrons. The third-order valence-corrected chi connectivity index (χ3v) is 1.75. The fraction of sp³-hybridized carbons (Fsp3) is 0. The van der Waals surface area contributed by atoms with E-state index in [1.807, 2.05) is 4.98 Å². The molecule has 0 amide bonds. The van der Waals surface area contributed by atoms with Crippen LogP contribution >= 0.6 is 0 Å². The number of aromatic amines is 1. The van der Waals surface area contributed by atoms with Crippen molar-refractivity contribution < 1.29 is 17.6 Å². The van der Waals surface area contributed by atoms with E-state index in [1.54, 1.807) is 0 Å². The van der Waals surface area contributed by atoms with E-state index in [1.165, 1.54) is 0 Å². The number of fused-ring (bicyclic) bond motifs is 1. The highest BCUT2D eigenvalue weighted by Gasteiger charge is 2.17. The van der Waals surface area contributed by atoms with E-state index in [0.717, 1.165) is 12.1 Å². The molecule has 1 aromatic heterocycles. The van der Waals surface area contributed by atoms with E-state index >= 15 is 0 Å². The Morgan fingerprint density at radius 3 is 2.31 bits per heavy atom. The Balaban J connectivity index is 2.97. The standard InChI is InChI=1S/C8H3F4N/c9-3-1-2-4-5(6(3)10)7(11)8(12)13-4/h1-2,13H. The maximum Gasteiger partial charge on any atom is 0.228 e. The van der Waals surface area contributed by atoms with Crippen LogP contribution in [0.5, 0.6) is 0 Å². The van der Waals surface area contributed by atoms with Gasteiger partial charge in [0.25, 0.3) is 0 Å². The van der Waals surface area contributed by atoms with Gasteiger partial charge >= 0.3 is 0 Å². The van der Waals surface area contributed by atoms with Crippen LogP contribution in [0.25, 0.3) is 10.9 Å². The van der Waals surface area contributed by atoms with Gasteiger partial charge in [-0.15, -0.1) is 0 Å². The van der Waals surface area contributed by atoms with Crippen LogP contribution in [0.2, 0.25) is 0 Å². The second-order valence-electron chi connectivity index (χ2n) is 2.54. The van der Waals surface area contributed by atoms with Crippen LogP contribution in [0, 0.1) is 23.4 Å². The van der Waals surface area contributed by atoms with E-state index in [0.29, 0.717) is 0 Å². The van der Waals surface area contributed by atoms with Gasteiger partial charge in [-0.05, 0) is 12.1 Å². The Kier molecular flexibility index (Phi) is 1.55. The molecule has 0 bridgehead atoms. The first-order valence-corrected chi connectivity index (χ1v) is 3.42. The summed E-state index contributed by atoms with van der Waals surface area (Å²) in [5.74, 6) is -5.27. The molecule has 0 unspecified atom stereocenters. The molecule has 5 heteroatoms. The summed E-state index contributed by atoms with van der Waals surface area (Å²) in [5.41, 5.74) is -0.103. The Morgan fingerprint density at radius 1 is 0.923 bits per heavy atom. The van der Waals surface area contributed by atoms with Gasteiger partial charge in [0.15, 0.2) is 17.5 Å². The van der Waals surface area contributed by atoms with Crippen LogP contribution in [0.15, 0.2) is 12.1 Å². The fourth-order valence-electron chi connectivity index (χ4n) is 1.15. The average molecular weight is 189 g/mol. The monoisotopic (exact) mass is 189 g/mol. The molecule has 0 radical (unpaired) electrons. The van der Waals surface area contributed by atoms with Gasteiger partial charge in [0, 0.05) is 0 Å². The number of benzene rings is 1. The summed E-state index contributed by atoms with van der Waals surface area (Å²) >= 11 is 0. The zero-order valence-electron chi connectivity index (χ0n) is 6.17. The van der Waals surface area contributed by atoms with Gasteiger partial charge in [0.2, 0.25) is 5.95 Å². The van der Waals surface area contributed by atoms with Crippen molar-refractivity contribution in [3.05, 3.63) is 35.5 Å². The number of nitrogens with one attached hydrogen (secondary N) is 1. The number of halogens is 4. The molecular weight excluding hydrogens is 186 g/mol. The Hall–Kier alpha value is -1.52. The van der Waals surface area contributed by atoms with Crippen LogP contribution in [0.4, 0.5) is 17.6 Å². The van der Waals surface area contributed by atoms with Crippen molar-refractivity contribution >= 4 is 10.9 Å². The zero-order chi connectivity index (χ0) is 9.59. The van der Waals surface area contributed by atoms with Crippen molar-refractivity contribution in [2.24, 2.45) is 0 Å². The van der Waals surface area contributed by atoms with Gasteiger partial charge in [0.05, 0.1) is 10.9 Å². The molecule has 1 aromatic carbocycles. The van der Waals surface area contributed by atoms with Crippen molar-refractivity contribution in [3.8, 4) is 0 Å². The average Bonchev–Trinajstić information content (AvgIpc) is 2.37. The lowest BCUT2D eigenvalue weighted by molar-refractivity contribution is 0.487. The lowest BCUT2D eigenvalue weighted by atomic mass is 10.2. The maximum absolute atomic E-state index is 12.9. The summed E-state index contributed by atoms with van der Waals surface area (Å²) in [7, 11) is 0. The number of hydrogen-bond acceptors (Lipinski definition) is 0. The molecule has 0 saturated carbocycles. The van der Waals surface area contributed by atoms with Crippen molar-refractivity contribution in [1.29, 1.82) is 0 Å². The van der Waals surface area contributed by atoms with Gasteiger partial charge in [0.1, 0.15) is 0 Å². The van der Waals surface area contributed by atoms with E-state index in [4.69, 9.17) is 0 Å². The lowest BCUT2D eigenvalue weighted by Crippen LogP contribution is -1.85. The van der Waals surface area contributed by atoms with E-state index in [-0.39, 0.29) is 5.52 Å². The lowest BCUT2D eigenvalue weighted by Gasteiger charge is -1.93. The first kappa shape index (κ1) is 8.10. The molecule has 0 atom stereocenters. The van der Waals surface area contributed by atoms with Crippen LogP contribution in [0.1, 0.15) is 0 Å². The van der Waals surface area contributed by atoms with Crippen molar-refractivity contribution in [2.75, 3.05) is 0 Å². The Labute approximate surface area is 70.0 Å². The molecule has 0 aliphatic carbocycles. The summed E-state index contributed by atoms with van der Waals surface area (Å²) in [6.07, 6.45) is 0. The number of H-pyrrole nitrogens is 1. The molecule has 1 nitrogen and oxygen atoms in total. The highest BCUT2D eigenvalue weighted by Crippen LogP contribution is 2.24. The van der Waals surface area contributed by atoms with Crippen LogP contribution in [-0.2, 0) is 0 Å². The van der Waals surface area contributed by atoms with Gasteiger partial charge in [-0.3, -0.25) is 0 Å². The van der Waals surface area contributed by atoms with Crippen molar-refractivity contribution in [3.63, 3.8) is 0 Å². The molecule has 0 fully saturated rings. The molecule has 1 heterocycles. The minimum atomic E-state index is -1.40. The Morgan fingerprint density at radius 2 is 1.62 bits per heavy atom. The predicted molar refractivity (Wildman–Crippen MR) is 38.1 cm³/mol. The smallest absolute Gasteiger partial charge is 0.228 e. The summed E-state index contributed by atoms with van der Waals surface area (Å²) in [6.45, 7) is 0. The van der Waals surface area contributed by atoms with E-state index in [2.05, 4.69) is 0 Å². The molecule has 0 aliphatic heterocycles. The molecule has 13 heavy (non-hydrogen) atoms. The minimum absolute atomic E-state index is 0.103. The van der Waals surface area contributed by atoms with Crippen LogP contribution in [-0.4, -0.2) is 4.98 Å². The summed E-state index contributed by atoms with van der Waals surface area (Å²) in [6, 6.07) is 1.87.